The predicted octanol–water partition coefficient (Wildman–Crippen LogP) is 5.95. The molecule has 0 atom stereocenters. The summed E-state index contributed by atoms with van der Waals surface area (Å²) in [5.41, 5.74) is 3.42. The fourth-order valence-electron chi connectivity index (χ4n) is 2.27. The molecule has 0 spiro atoms. The number of ether oxygens (including phenoxy) is 1. The van der Waals surface area contributed by atoms with Crippen LogP contribution in [-0.4, -0.2) is 0 Å². The van der Waals surface area contributed by atoms with Crippen LogP contribution in [0.3, 0.4) is 0 Å². The van der Waals surface area contributed by atoms with Gasteiger partial charge in [0.1, 0.15) is 11.5 Å². The second kappa shape index (κ2) is 6.32. The Bertz CT molecular complexity index is 562. The van der Waals surface area contributed by atoms with Gasteiger partial charge in [0.2, 0.25) is 0 Å². The number of benzene rings is 2. The second-order valence-electron chi connectivity index (χ2n) is 5.72. The Kier molecular flexibility index (Phi) is 4.72. The van der Waals surface area contributed by atoms with Gasteiger partial charge in [-0.05, 0) is 67.1 Å². The maximum absolute atomic E-state index is 6.17. The van der Waals surface area contributed by atoms with E-state index in [-0.39, 0.29) is 0 Å². The molecular weight excluding hydrogens is 268 g/mol. The van der Waals surface area contributed by atoms with Crippen molar-refractivity contribution in [1.29, 1.82) is 0 Å². The predicted molar refractivity (Wildman–Crippen MR) is 86.0 cm³/mol. The first-order valence-corrected chi connectivity index (χ1v) is 7.37. The number of rotatable bonds is 4. The molecule has 0 unspecified atom stereocenters. The van der Waals surface area contributed by atoms with E-state index in [4.69, 9.17) is 16.3 Å². The number of hydrogen-bond donors (Lipinski definition) is 0. The maximum atomic E-state index is 6.17. The molecule has 1 nitrogen and oxygen atoms in total. The molecule has 0 amide bonds. The number of hydrogen-bond acceptors (Lipinski definition) is 1. The lowest BCUT2D eigenvalue weighted by molar-refractivity contribution is 0.481. The van der Waals surface area contributed by atoms with Crippen molar-refractivity contribution in [3.05, 3.63) is 58.1 Å². The highest BCUT2D eigenvalue weighted by molar-refractivity contribution is 6.32. The minimum Gasteiger partial charge on any atom is -0.457 e. The SMILES string of the molecule is Cc1cc(Oc2ccc(CC(C)C)cc2)cc(C)c1Cl. The van der Waals surface area contributed by atoms with Gasteiger partial charge in [0.15, 0.2) is 0 Å². The molecule has 0 aliphatic heterocycles. The van der Waals surface area contributed by atoms with Gasteiger partial charge in [-0.1, -0.05) is 37.6 Å². The molecule has 2 rings (SSSR count). The van der Waals surface area contributed by atoms with E-state index in [0.29, 0.717) is 5.92 Å². The Balaban J connectivity index is 2.14. The summed E-state index contributed by atoms with van der Waals surface area (Å²) >= 11 is 6.17. The molecule has 0 aliphatic rings. The topological polar surface area (TPSA) is 9.23 Å². The van der Waals surface area contributed by atoms with Gasteiger partial charge < -0.3 is 4.74 Å². The van der Waals surface area contributed by atoms with E-state index in [1.165, 1.54) is 5.56 Å². The van der Waals surface area contributed by atoms with E-state index in [1.807, 2.05) is 38.1 Å². The monoisotopic (exact) mass is 288 g/mol. The van der Waals surface area contributed by atoms with Crippen LogP contribution >= 0.6 is 11.6 Å². The average Bonchev–Trinajstić information content (AvgIpc) is 2.37. The quantitative estimate of drug-likeness (QED) is 0.676. The molecule has 20 heavy (non-hydrogen) atoms. The van der Waals surface area contributed by atoms with E-state index in [2.05, 4.69) is 26.0 Å². The average molecular weight is 289 g/mol. The first-order valence-electron chi connectivity index (χ1n) is 6.99. The van der Waals surface area contributed by atoms with Gasteiger partial charge in [-0.25, -0.2) is 0 Å². The Morgan fingerprint density at radius 3 is 2.00 bits per heavy atom. The first-order chi connectivity index (χ1) is 9.45. The highest BCUT2D eigenvalue weighted by Crippen LogP contribution is 2.29. The van der Waals surface area contributed by atoms with Gasteiger partial charge in [0, 0.05) is 5.02 Å². The summed E-state index contributed by atoms with van der Waals surface area (Å²) in [5.74, 6) is 2.36. The maximum Gasteiger partial charge on any atom is 0.128 e. The van der Waals surface area contributed by atoms with Crippen molar-refractivity contribution in [3.8, 4) is 11.5 Å². The third-order valence-electron chi connectivity index (χ3n) is 3.21. The summed E-state index contributed by atoms with van der Waals surface area (Å²) in [6.45, 7) is 8.44. The van der Waals surface area contributed by atoms with Crippen molar-refractivity contribution in [2.45, 2.75) is 34.1 Å². The van der Waals surface area contributed by atoms with E-state index in [9.17, 15) is 0 Å². The molecule has 0 aliphatic carbocycles. The fourth-order valence-corrected chi connectivity index (χ4v) is 2.38. The summed E-state index contributed by atoms with van der Waals surface area (Å²) < 4.78 is 5.90. The van der Waals surface area contributed by atoms with Crippen LogP contribution in [0.5, 0.6) is 11.5 Å². The largest absolute Gasteiger partial charge is 0.457 e. The van der Waals surface area contributed by atoms with Crippen LogP contribution in [0.1, 0.15) is 30.5 Å². The third-order valence-corrected chi connectivity index (χ3v) is 3.81. The van der Waals surface area contributed by atoms with Crippen LogP contribution in [0, 0.1) is 19.8 Å². The Labute approximate surface area is 126 Å². The molecule has 2 heteroatoms. The van der Waals surface area contributed by atoms with Gasteiger partial charge in [0.25, 0.3) is 0 Å². The molecule has 0 saturated carbocycles. The minimum absolute atomic E-state index is 0.670. The molecule has 0 fully saturated rings. The van der Waals surface area contributed by atoms with Gasteiger partial charge in [-0.15, -0.1) is 0 Å². The second-order valence-corrected chi connectivity index (χ2v) is 6.09. The van der Waals surface area contributed by atoms with Gasteiger partial charge in [0.05, 0.1) is 0 Å². The molecule has 2 aromatic carbocycles. The number of halogens is 1. The van der Waals surface area contributed by atoms with E-state index in [1.54, 1.807) is 0 Å². The fraction of sp³-hybridized carbons (Fsp3) is 0.333. The summed E-state index contributed by atoms with van der Waals surface area (Å²) in [6, 6.07) is 12.2. The zero-order chi connectivity index (χ0) is 14.7. The van der Waals surface area contributed by atoms with E-state index in [0.717, 1.165) is 34.1 Å². The smallest absolute Gasteiger partial charge is 0.128 e. The third kappa shape index (κ3) is 3.77. The Hall–Kier alpha value is -1.47. The van der Waals surface area contributed by atoms with Crippen LogP contribution in [0.15, 0.2) is 36.4 Å². The van der Waals surface area contributed by atoms with Gasteiger partial charge in [-0.3, -0.25) is 0 Å². The summed E-state index contributed by atoms with van der Waals surface area (Å²) in [5, 5.41) is 0.810. The molecule has 2 aromatic rings. The molecular formula is C18H21ClO. The lowest BCUT2D eigenvalue weighted by Gasteiger charge is -2.11. The molecule has 106 valence electrons. The van der Waals surface area contributed by atoms with Crippen molar-refractivity contribution in [2.24, 2.45) is 5.92 Å². The normalized spacial score (nSPS) is 10.9. The lowest BCUT2D eigenvalue weighted by Crippen LogP contribution is -1.94. The molecule has 0 N–H and O–H groups in total. The van der Waals surface area contributed by atoms with Crippen molar-refractivity contribution in [3.63, 3.8) is 0 Å². The standard InChI is InChI=1S/C18H21ClO/c1-12(2)9-15-5-7-16(8-6-15)20-17-10-13(3)18(19)14(4)11-17/h5-8,10-12H,9H2,1-4H3. The van der Waals surface area contributed by atoms with Gasteiger partial charge in [-0.2, -0.15) is 0 Å². The molecule has 0 bridgehead atoms. The summed E-state index contributed by atoms with van der Waals surface area (Å²) in [6.07, 6.45) is 1.10. The van der Waals surface area contributed by atoms with Crippen molar-refractivity contribution in [1.82, 2.24) is 0 Å². The van der Waals surface area contributed by atoms with Crippen LogP contribution in [0.4, 0.5) is 0 Å². The Morgan fingerprint density at radius 2 is 1.50 bits per heavy atom. The van der Waals surface area contributed by atoms with Crippen molar-refractivity contribution >= 4 is 11.6 Å². The zero-order valence-corrected chi connectivity index (χ0v) is 13.3. The van der Waals surface area contributed by atoms with E-state index < -0.39 is 0 Å². The van der Waals surface area contributed by atoms with Crippen molar-refractivity contribution in [2.75, 3.05) is 0 Å². The highest BCUT2D eigenvalue weighted by atomic mass is 35.5. The van der Waals surface area contributed by atoms with Crippen molar-refractivity contribution < 1.29 is 4.74 Å². The zero-order valence-electron chi connectivity index (χ0n) is 12.5. The van der Waals surface area contributed by atoms with Crippen LogP contribution in [0.25, 0.3) is 0 Å². The molecule has 0 heterocycles. The number of aryl methyl sites for hydroxylation is 2. The lowest BCUT2D eigenvalue weighted by atomic mass is 10.0. The summed E-state index contributed by atoms with van der Waals surface area (Å²) in [4.78, 5) is 0. The van der Waals surface area contributed by atoms with Crippen LogP contribution < -0.4 is 4.74 Å². The molecule has 0 saturated heterocycles. The van der Waals surface area contributed by atoms with Crippen LogP contribution in [-0.2, 0) is 6.42 Å². The highest BCUT2D eigenvalue weighted by Gasteiger charge is 2.05. The Morgan fingerprint density at radius 1 is 0.950 bits per heavy atom. The van der Waals surface area contributed by atoms with Crippen LogP contribution in [0.2, 0.25) is 5.02 Å². The van der Waals surface area contributed by atoms with Gasteiger partial charge >= 0.3 is 0 Å². The minimum atomic E-state index is 0.670. The summed E-state index contributed by atoms with van der Waals surface area (Å²) in [7, 11) is 0. The molecule has 0 radical (unpaired) electrons. The molecule has 0 aromatic heterocycles. The van der Waals surface area contributed by atoms with E-state index >= 15 is 0 Å². The first kappa shape index (κ1) is 14.9.